The highest BCUT2D eigenvalue weighted by molar-refractivity contribution is 7.08. The van der Waals surface area contributed by atoms with Gasteiger partial charge in [0.2, 0.25) is 5.91 Å². The van der Waals surface area contributed by atoms with Crippen molar-refractivity contribution in [1.82, 2.24) is 4.90 Å². The Morgan fingerprint density at radius 1 is 1.44 bits per heavy atom. The normalized spacial score (nSPS) is 13.9. The van der Waals surface area contributed by atoms with Gasteiger partial charge in [-0.05, 0) is 42.7 Å². The first-order chi connectivity index (χ1) is 8.47. The first-order valence-electron chi connectivity index (χ1n) is 6.01. The molecule has 1 aromatic rings. The minimum atomic E-state index is -0.971. The van der Waals surface area contributed by atoms with Gasteiger partial charge in [-0.25, -0.2) is 0 Å². The molecule has 0 radical (unpaired) electrons. The fourth-order valence-corrected chi connectivity index (χ4v) is 2.48. The van der Waals surface area contributed by atoms with E-state index in [9.17, 15) is 9.59 Å². The Labute approximate surface area is 111 Å². The molecule has 1 aromatic heterocycles. The van der Waals surface area contributed by atoms with Gasteiger partial charge in [-0.1, -0.05) is 6.92 Å². The first-order valence-corrected chi connectivity index (χ1v) is 6.96. The number of amides is 1. The Morgan fingerprint density at radius 2 is 2.11 bits per heavy atom. The zero-order valence-corrected chi connectivity index (χ0v) is 11.7. The second-order valence-corrected chi connectivity index (χ2v) is 5.18. The van der Waals surface area contributed by atoms with Gasteiger partial charge in [0.05, 0.1) is 5.92 Å². The summed E-state index contributed by atoms with van der Waals surface area (Å²) in [6, 6.07) is 1.85. The van der Waals surface area contributed by atoms with Crippen molar-refractivity contribution in [1.29, 1.82) is 0 Å². The van der Waals surface area contributed by atoms with Crippen LogP contribution in [-0.2, 0) is 9.59 Å². The molecule has 0 bridgehead atoms. The number of aliphatic carboxylic acids is 1. The van der Waals surface area contributed by atoms with E-state index in [1.54, 1.807) is 0 Å². The molecule has 0 unspecified atom stereocenters. The van der Waals surface area contributed by atoms with Crippen molar-refractivity contribution in [3.05, 3.63) is 22.4 Å². The predicted molar refractivity (Wildman–Crippen MR) is 71.8 cm³/mol. The maximum Gasteiger partial charge on any atom is 0.323 e. The molecule has 0 aromatic carbocycles. The average molecular weight is 269 g/mol. The molecule has 0 saturated heterocycles. The lowest BCUT2D eigenvalue weighted by Crippen LogP contribution is -2.43. The highest BCUT2D eigenvalue weighted by atomic mass is 32.1. The zero-order valence-electron chi connectivity index (χ0n) is 10.9. The molecule has 1 N–H and O–H groups in total. The van der Waals surface area contributed by atoms with Crippen LogP contribution in [0.3, 0.4) is 0 Å². The van der Waals surface area contributed by atoms with Crippen LogP contribution in [0, 0.1) is 0 Å². The summed E-state index contributed by atoms with van der Waals surface area (Å²) >= 11 is 1.54. The van der Waals surface area contributed by atoms with Gasteiger partial charge in [0.1, 0.15) is 6.54 Å². The zero-order chi connectivity index (χ0) is 13.7. The quantitative estimate of drug-likeness (QED) is 0.863. The van der Waals surface area contributed by atoms with Crippen molar-refractivity contribution in [3.8, 4) is 0 Å². The second-order valence-electron chi connectivity index (χ2n) is 4.40. The van der Waals surface area contributed by atoms with E-state index < -0.39 is 5.97 Å². The summed E-state index contributed by atoms with van der Waals surface area (Å²) in [6.07, 6.45) is 0.745. The molecule has 2 atom stereocenters. The number of carboxylic acid groups (broad SMARTS) is 1. The lowest BCUT2D eigenvalue weighted by atomic mass is 10.0. The summed E-state index contributed by atoms with van der Waals surface area (Å²) in [6.45, 7) is 5.41. The van der Waals surface area contributed by atoms with E-state index in [0.29, 0.717) is 0 Å². The number of hydrogen-bond acceptors (Lipinski definition) is 3. The van der Waals surface area contributed by atoms with E-state index >= 15 is 0 Å². The third-order valence-electron chi connectivity index (χ3n) is 3.13. The highest BCUT2D eigenvalue weighted by Crippen LogP contribution is 2.22. The van der Waals surface area contributed by atoms with Crippen LogP contribution in [0.5, 0.6) is 0 Å². The van der Waals surface area contributed by atoms with E-state index in [2.05, 4.69) is 0 Å². The number of carbonyl (C=O) groups excluding carboxylic acids is 1. The molecule has 100 valence electrons. The molecule has 4 nitrogen and oxygen atoms in total. The number of rotatable bonds is 6. The maximum absolute atomic E-state index is 12.3. The number of thiophene rings is 1. The van der Waals surface area contributed by atoms with E-state index in [-0.39, 0.29) is 24.4 Å². The molecule has 0 aliphatic heterocycles. The lowest BCUT2D eigenvalue weighted by Gasteiger charge is -2.29. The van der Waals surface area contributed by atoms with Gasteiger partial charge in [0, 0.05) is 6.04 Å². The van der Waals surface area contributed by atoms with Crippen LogP contribution in [0.4, 0.5) is 0 Å². The maximum atomic E-state index is 12.3. The van der Waals surface area contributed by atoms with Crippen LogP contribution >= 0.6 is 11.3 Å². The Balaban J connectivity index is 2.84. The number of carbonyl (C=O) groups is 2. The van der Waals surface area contributed by atoms with Gasteiger partial charge in [-0.15, -0.1) is 0 Å². The third-order valence-corrected chi connectivity index (χ3v) is 3.83. The van der Waals surface area contributed by atoms with E-state index in [1.807, 2.05) is 37.6 Å². The standard InChI is InChI=1S/C13H19NO3S/c1-4-9(2)14(7-12(15)16)13(17)10(3)11-5-6-18-8-11/h5-6,8-10H,4,7H2,1-3H3,(H,15,16)/t9-,10-/m1/s1. The fourth-order valence-electron chi connectivity index (χ4n) is 1.73. The second kappa shape index (κ2) is 6.54. The largest absolute Gasteiger partial charge is 0.480 e. The van der Waals surface area contributed by atoms with Crippen LogP contribution in [0.1, 0.15) is 38.7 Å². The van der Waals surface area contributed by atoms with Crippen LogP contribution in [0.2, 0.25) is 0 Å². The summed E-state index contributed by atoms with van der Waals surface area (Å²) in [5, 5.41) is 12.7. The third kappa shape index (κ3) is 3.57. The molecule has 0 saturated carbocycles. The Bertz CT molecular complexity index is 402. The van der Waals surface area contributed by atoms with E-state index in [0.717, 1.165) is 12.0 Å². The summed E-state index contributed by atoms with van der Waals surface area (Å²) in [5.41, 5.74) is 0.948. The summed E-state index contributed by atoms with van der Waals surface area (Å²) in [7, 11) is 0. The molecule has 18 heavy (non-hydrogen) atoms. The number of hydrogen-bond donors (Lipinski definition) is 1. The minimum absolute atomic E-state index is 0.0605. The molecule has 1 heterocycles. The van der Waals surface area contributed by atoms with Crippen molar-refractivity contribution in [2.75, 3.05) is 6.54 Å². The molecule has 0 aliphatic carbocycles. The highest BCUT2D eigenvalue weighted by Gasteiger charge is 2.26. The fraction of sp³-hybridized carbons (Fsp3) is 0.538. The number of nitrogens with zero attached hydrogens (tertiary/aromatic N) is 1. The van der Waals surface area contributed by atoms with Gasteiger partial charge >= 0.3 is 5.97 Å². The average Bonchev–Trinajstić information content (AvgIpc) is 2.86. The smallest absolute Gasteiger partial charge is 0.323 e. The van der Waals surface area contributed by atoms with Crippen molar-refractivity contribution in [3.63, 3.8) is 0 Å². The molecule has 1 rings (SSSR count). The molecule has 0 aliphatic rings. The van der Waals surface area contributed by atoms with Crippen LogP contribution < -0.4 is 0 Å². The van der Waals surface area contributed by atoms with E-state index in [1.165, 1.54) is 16.2 Å². The SMILES string of the molecule is CC[C@@H](C)N(CC(=O)O)C(=O)[C@H](C)c1ccsc1. The summed E-state index contributed by atoms with van der Waals surface area (Å²) in [5.74, 6) is -1.38. The molecule has 0 fully saturated rings. The Hall–Kier alpha value is -1.36. The Kier molecular flexibility index (Phi) is 5.34. The monoisotopic (exact) mass is 269 g/mol. The van der Waals surface area contributed by atoms with Crippen LogP contribution in [-0.4, -0.2) is 34.5 Å². The lowest BCUT2D eigenvalue weighted by molar-refractivity contribution is -0.146. The molecule has 5 heteroatoms. The van der Waals surface area contributed by atoms with E-state index in [4.69, 9.17) is 5.11 Å². The first kappa shape index (κ1) is 14.7. The topological polar surface area (TPSA) is 57.6 Å². The molecule has 0 spiro atoms. The minimum Gasteiger partial charge on any atom is -0.480 e. The van der Waals surface area contributed by atoms with Gasteiger partial charge in [-0.3, -0.25) is 9.59 Å². The molecular formula is C13H19NO3S. The summed E-state index contributed by atoms with van der Waals surface area (Å²) < 4.78 is 0. The summed E-state index contributed by atoms with van der Waals surface area (Å²) in [4.78, 5) is 24.6. The van der Waals surface area contributed by atoms with Crippen molar-refractivity contribution in [2.45, 2.75) is 39.2 Å². The van der Waals surface area contributed by atoms with Crippen LogP contribution in [0.25, 0.3) is 0 Å². The molecule has 1 amide bonds. The van der Waals surface area contributed by atoms with Crippen molar-refractivity contribution < 1.29 is 14.7 Å². The van der Waals surface area contributed by atoms with Crippen molar-refractivity contribution >= 4 is 23.2 Å². The Morgan fingerprint density at radius 3 is 2.56 bits per heavy atom. The number of carboxylic acids is 1. The van der Waals surface area contributed by atoms with Gasteiger partial charge < -0.3 is 10.0 Å². The van der Waals surface area contributed by atoms with Gasteiger partial charge in [-0.2, -0.15) is 11.3 Å². The van der Waals surface area contributed by atoms with Crippen molar-refractivity contribution in [2.24, 2.45) is 0 Å². The van der Waals surface area contributed by atoms with Gasteiger partial charge in [0.25, 0.3) is 0 Å². The van der Waals surface area contributed by atoms with Crippen LogP contribution in [0.15, 0.2) is 16.8 Å². The predicted octanol–water partition coefficient (Wildman–Crippen LogP) is 2.56. The molecular weight excluding hydrogens is 250 g/mol. The van der Waals surface area contributed by atoms with Gasteiger partial charge in [0.15, 0.2) is 0 Å².